The number of pyridine rings is 1. The third-order valence-corrected chi connectivity index (χ3v) is 4.70. The van der Waals surface area contributed by atoms with E-state index in [1.54, 1.807) is 0 Å². The molecule has 0 radical (unpaired) electrons. The second kappa shape index (κ2) is 7.26. The number of hydrogen-bond acceptors (Lipinski definition) is 3. The molecule has 1 aromatic rings. The zero-order chi connectivity index (χ0) is 15.4. The molecule has 1 N–H and O–H groups in total. The van der Waals surface area contributed by atoms with Crippen molar-refractivity contribution in [3.63, 3.8) is 0 Å². The van der Waals surface area contributed by atoms with Gasteiger partial charge in [-0.3, -0.25) is 0 Å². The van der Waals surface area contributed by atoms with E-state index in [2.05, 4.69) is 57.1 Å². The first kappa shape index (κ1) is 16.3. The largest absolute Gasteiger partial charge is 0.357 e. The van der Waals surface area contributed by atoms with E-state index in [0.717, 1.165) is 24.0 Å². The van der Waals surface area contributed by atoms with Gasteiger partial charge >= 0.3 is 0 Å². The fourth-order valence-corrected chi connectivity index (χ4v) is 3.21. The normalized spacial score (nSPS) is 22.6. The predicted octanol–water partition coefficient (Wildman–Crippen LogP) is 3.90. The molecule has 118 valence electrons. The van der Waals surface area contributed by atoms with E-state index >= 15 is 0 Å². The van der Waals surface area contributed by atoms with Gasteiger partial charge in [0.15, 0.2) is 0 Å². The van der Waals surface area contributed by atoms with Crippen molar-refractivity contribution in [1.82, 2.24) is 10.3 Å². The van der Waals surface area contributed by atoms with Gasteiger partial charge in [0.2, 0.25) is 0 Å². The molecular weight excluding hydrogens is 258 g/mol. The molecule has 1 fully saturated rings. The van der Waals surface area contributed by atoms with Gasteiger partial charge < -0.3 is 10.2 Å². The average Bonchev–Trinajstić information content (AvgIpc) is 2.45. The van der Waals surface area contributed by atoms with Crippen molar-refractivity contribution >= 4 is 5.82 Å². The van der Waals surface area contributed by atoms with Crippen LogP contribution in [-0.2, 0) is 6.54 Å². The topological polar surface area (TPSA) is 28.2 Å². The summed E-state index contributed by atoms with van der Waals surface area (Å²) in [6.45, 7) is 9.75. The third kappa shape index (κ3) is 4.44. The summed E-state index contributed by atoms with van der Waals surface area (Å²) in [6.07, 6.45) is 5.34. The van der Waals surface area contributed by atoms with Crippen molar-refractivity contribution in [2.45, 2.75) is 72.0 Å². The molecule has 1 aliphatic carbocycles. The first-order chi connectivity index (χ1) is 9.97. The Hall–Kier alpha value is -1.09. The van der Waals surface area contributed by atoms with Crippen LogP contribution in [0.4, 0.5) is 5.82 Å². The molecule has 1 heterocycles. The lowest BCUT2D eigenvalue weighted by Gasteiger charge is -2.35. The Balaban J connectivity index is 2.04. The Morgan fingerprint density at radius 1 is 1.33 bits per heavy atom. The number of aryl methyl sites for hydroxylation is 1. The number of hydrogen-bond donors (Lipinski definition) is 1. The van der Waals surface area contributed by atoms with Crippen molar-refractivity contribution < 1.29 is 0 Å². The highest BCUT2D eigenvalue weighted by Gasteiger charge is 2.23. The lowest BCUT2D eigenvalue weighted by atomic mass is 9.86. The molecule has 1 aromatic heterocycles. The Kier molecular flexibility index (Phi) is 5.63. The predicted molar refractivity (Wildman–Crippen MR) is 90.8 cm³/mol. The van der Waals surface area contributed by atoms with Crippen LogP contribution in [0.2, 0.25) is 0 Å². The maximum Gasteiger partial charge on any atom is 0.128 e. The van der Waals surface area contributed by atoms with Gasteiger partial charge in [-0.1, -0.05) is 39.7 Å². The van der Waals surface area contributed by atoms with E-state index in [1.807, 2.05) is 0 Å². The highest BCUT2D eigenvalue weighted by Crippen LogP contribution is 2.29. The van der Waals surface area contributed by atoms with Crippen LogP contribution in [0, 0.1) is 12.8 Å². The SMILES string of the molecule is Cc1nc(N(C)C2CCCC(C)C2)ccc1CNC(C)C. The van der Waals surface area contributed by atoms with E-state index in [4.69, 9.17) is 4.98 Å². The molecule has 1 saturated carbocycles. The molecule has 21 heavy (non-hydrogen) atoms. The smallest absolute Gasteiger partial charge is 0.128 e. The van der Waals surface area contributed by atoms with Crippen molar-refractivity contribution in [1.29, 1.82) is 0 Å². The monoisotopic (exact) mass is 289 g/mol. The molecule has 0 bridgehead atoms. The van der Waals surface area contributed by atoms with Crippen LogP contribution in [0.25, 0.3) is 0 Å². The van der Waals surface area contributed by atoms with Gasteiger partial charge in [0, 0.05) is 31.4 Å². The van der Waals surface area contributed by atoms with Gasteiger partial charge in [-0.05, 0) is 37.3 Å². The van der Waals surface area contributed by atoms with Crippen molar-refractivity contribution in [2.75, 3.05) is 11.9 Å². The molecule has 2 unspecified atom stereocenters. The fraction of sp³-hybridized carbons (Fsp3) is 0.722. The molecule has 0 saturated heterocycles. The van der Waals surface area contributed by atoms with Gasteiger partial charge in [-0.15, -0.1) is 0 Å². The third-order valence-electron chi connectivity index (χ3n) is 4.70. The van der Waals surface area contributed by atoms with Gasteiger partial charge in [-0.25, -0.2) is 4.98 Å². The van der Waals surface area contributed by atoms with Crippen LogP contribution in [0.3, 0.4) is 0 Å². The molecule has 3 nitrogen and oxygen atoms in total. The van der Waals surface area contributed by atoms with Crippen LogP contribution in [0.15, 0.2) is 12.1 Å². The van der Waals surface area contributed by atoms with Crippen molar-refractivity contribution in [3.8, 4) is 0 Å². The summed E-state index contributed by atoms with van der Waals surface area (Å²) in [5.41, 5.74) is 2.45. The minimum atomic E-state index is 0.510. The lowest BCUT2D eigenvalue weighted by Crippen LogP contribution is -2.36. The summed E-state index contributed by atoms with van der Waals surface area (Å²) in [5, 5.41) is 3.47. The highest BCUT2D eigenvalue weighted by atomic mass is 15.2. The summed E-state index contributed by atoms with van der Waals surface area (Å²) in [4.78, 5) is 7.23. The molecule has 2 rings (SSSR count). The molecule has 1 aliphatic rings. The molecule has 0 spiro atoms. The first-order valence-corrected chi connectivity index (χ1v) is 8.40. The van der Waals surface area contributed by atoms with Crippen LogP contribution >= 0.6 is 0 Å². The zero-order valence-corrected chi connectivity index (χ0v) is 14.3. The van der Waals surface area contributed by atoms with Gasteiger partial charge in [0.05, 0.1) is 0 Å². The summed E-state index contributed by atoms with van der Waals surface area (Å²) < 4.78 is 0. The Morgan fingerprint density at radius 2 is 2.10 bits per heavy atom. The Bertz CT molecular complexity index is 456. The van der Waals surface area contributed by atoms with Gasteiger partial charge in [0.25, 0.3) is 0 Å². The maximum atomic E-state index is 4.84. The minimum absolute atomic E-state index is 0.510. The van der Waals surface area contributed by atoms with Crippen molar-refractivity contribution in [3.05, 3.63) is 23.4 Å². The van der Waals surface area contributed by atoms with Crippen molar-refractivity contribution in [2.24, 2.45) is 5.92 Å². The Labute approximate surface area is 130 Å². The first-order valence-electron chi connectivity index (χ1n) is 8.40. The Morgan fingerprint density at radius 3 is 2.71 bits per heavy atom. The quantitative estimate of drug-likeness (QED) is 0.891. The molecule has 0 aromatic carbocycles. The zero-order valence-electron chi connectivity index (χ0n) is 14.3. The molecule has 0 amide bonds. The lowest BCUT2D eigenvalue weighted by molar-refractivity contribution is 0.335. The number of anilines is 1. The summed E-state index contributed by atoms with van der Waals surface area (Å²) in [7, 11) is 2.20. The summed E-state index contributed by atoms with van der Waals surface area (Å²) in [6, 6.07) is 5.58. The average molecular weight is 289 g/mol. The highest BCUT2D eigenvalue weighted by molar-refractivity contribution is 5.42. The van der Waals surface area contributed by atoms with Gasteiger partial charge in [-0.2, -0.15) is 0 Å². The number of nitrogens with zero attached hydrogens (tertiary/aromatic N) is 2. The van der Waals surface area contributed by atoms with Crippen LogP contribution in [-0.4, -0.2) is 24.1 Å². The molecule has 0 aliphatic heterocycles. The second-order valence-corrected chi connectivity index (χ2v) is 6.99. The number of aromatic nitrogens is 1. The van der Waals surface area contributed by atoms with Gasteiger partial charge in [0.1, 0.15) is 5.82 Å². The number of rotatable bonds is 5. The summed E-state index contributed by atoms with van der Waals surface area (Å²) >= 11 is 0. The van der Waals surface area contributed by atoms with Crippen LogP contribution < -0.4 is 10.2 Å². The van der Waals surface area contributed by atoms with E-state index in [9.17, 15) is 0 Å². The van der Waals surface area contributed by atoms with Crippen LogP contribution in [0.5, 0.6) is 0 Å². The molecule has 3 heteroatoms. The summed E-state index contributed by atoms with van der Waals surface area (Å²) in [5.74, 6) is 1.97. The molecular formula is C18H31N3. The standard InChI is InChI=1S/C18H31N3/c1-13(2)19-12-16-9-10-18(20-15(16)4)21(5)17-8-6-7-14(3)11-17/h9-10,13-14,17,19H,6-8,11-12H2,1-5H3. The van der Waals surface area contributed by atoms with E-state index in [0.29, 0.717) is 12.1 Å². The van der Waals surface area contributed by atoms with E-state index < -0.39 is 0 Å². The second-order valence-electron chi connectivity index (χ2n) is 6.99. The maximum absolute atomic E-state index is 4.84. The molecule has 2 atom stereocenters. The fourth-order valence-electron chi connectivity index (χ4n) is 3.21. The minimum Gasteiger partial charge on any atom is -0.357 e. The van der Waals surface area contributed by atoms with E-state index in [1.165, 1.54) is 31.2 Å². The number of nitrogens with one attached hydrogen (secondary N) is 1. The van der Waals surface area contributed by atoms with Crippen LogP contribution in [0.1, 0.15) is 57.7 Å². The van der Waals surface area contributed by atoms with E-state index in [-0.39, 0.29) is 0 Å².